The molecule has 0 saturated carbocycles. The summed E-state index contributed by atoms with van der Waals surface area (Å²) in [6.07, 6.45) is 8.31. The molecule has 0 amide bonds. The molecular formula is C67H49N3Si. The van der Waals surface area contributed by atoms with Gasteiger partial charge in [-0.05, 0) is 77.1 Å². The molecule has 13 rings (SSSR count). The maximum Gasteiger partial charge on any atom is 0.175 e. The lowest BCUT2D eigenvalue weighted by atomic mass is 9.99. The van der Waals surface area contributed by atoms with Gasteiger partial charge in [0.1, 0.15) is 0 Å². The number of benzene rings is 10. The third-order valence-corrected chi connectivity index (χ3v) is 19.7. The van der Waals surface area contributed by atoms with Gasteiger partial charge >= 0.3 is 0 Å². The predicted molar refractivity (Wildman–Crippen MR) is 306 cm³/mol. The first-order valence-corrected chi connectivity index (χ1v) is 26.5. The Labute approximate surface area is 414 Å². The van der Waals surface area contributed by atoms with Crippen molar-refractivity contribution in [2.24, 2.45) is 0 Å². The maximum atomic E-state index is 3.98. The summed E-state index contributed by atoms with van der Waals surface area (Å²) in [7, 11) is -2.81. The molecule has 0 fully saturated rings. The minimum atomic E-state index is -2.81. The van der Waals surface area contributed by atoms with Gasteiger partial charge in [-0.1, -0.05) is 224 Å². The first-order valence-electron chi connectivity index (χ1n) is 24.5. The number of rotatable bonds is 10. The van der Waals surface area contributed by atoms with E-state index >= 15 is 0 Å². The van der Waals surface area contributed by atoms with E-state index in [0.717, 1.165) is 22.6 Å². The molecule has 0 aliphatic rings. The molecule has 0 radical (unpaired) electrons. The Morgan fingerprint density at radius 2 is 0.775 bits per heavy atom. The first-order chi connectivity index (χ1) is 35.1. The van der Waals surface area contributed by atoms with Gasteiger partial charge in [0.2, 0.25) is 0 Å². The van der Waals surface area contributed by atoms with Crippen molar-refractivity contribution in [3.05, 3.63) is 279 Å². The van der Waals surface area contributed by atoms with Crippen molar-refractivity contribution in [2.75, 3.05) is 0 Å². The molecule has 71 heavy (non-hydrogen) atoms. The third kappa shape index (κ3) is 6.56. The summed E-state index contributed by atoms with van der Waals surface area (Å²) in [6, 6.07) is 89.9. The maximum absolute atomic E-state index is 3.98. The zero-order valence-corrected chi connectivity index (χ0v) is 40.5. The van der Waals surface area contributed by atoms with Gasteiger partial charge in [0, 0.05) is 60.5 Å². The lowest BCUT2D eigenvalue weighted by molar-refractivity contribution is 1.15. The fraction of sp³-hybridized carbons (Fsp3) is 0.0149. The normalized spacial score (nSPS) is 12.4. The second kappa shape index (κ2) is 17.2. The Balaban J connectivity index is 1.08. The Morgan fingerprint density at radius 3 is 1.35 bits per heavy atom. The van der Waals surface area contributed by atoms with Crippen LogP contribution in [0.3, 0.4) is 0 Å². The molecule has 336 valence electrons. The number of fused-ring (bicyclic) bond motifs is 9. The molecule has 0 atom stereocenters. The van der Waals surface area contributed by atoms with Crippen LogP contribution in [-0.2, 0) is 0 Å². The molecular weight excluding hydrogens is 875 g/mol. The van der Waals surface area contributed by atoms with Gasteiger partial charge < -0.3 is 13.7 Å². The van der Waals surface area contributed by atoms with Crippen LogP contribution in [0.4, 0.5) is 0 Å². The standard InChI is InChI=1S/C67H49N3Si/c1-3-4-8-24-47(2)71(51-28-11-6-12-29-51,52-30-13-7-14-31-52)53-32-21-27-49(45-53)68-62-40-18-15-33-54(62)57-44-43-50(46-65(57)68)70-64-42-20-17-35-56(64)59-37-23-39-61(67(59)70)60-38-22-36-58-55-34-16-19-41-63(55)69(66(58)60)48-25-9-5-10-26-48/h3-46H,1H2,2H3/b8-4-,47-24+. The van der Waals surface area contributed by atoms with Crippen LogP contribution in [0.15, 0.2) is 279 Å². The van der Waals surface area contributed by atoms with Crippen LogP contribution in [-0.4, -0.2) is 21.8 Å². The van der Waals surface area contributed by atoms with E-state index in [1.165, 1.54) is 91.8 Å². The van der Waals surface area contributed by atoms with Gasteiger partial charge in [0.05, 0.1) is 33.1 Å². The monoisotopic (exact) mass is 923 g/mol. The lowest BCUT2D eigenvalue weighted by Gasteiger charge is -2.35. The van der Waals surface area contributed by atoms with Crippen LogP contribution in [0.25, 0.3) is 93.6 Å². The Bertz CT molecular complexity index is 4210. The van der Waals surface area contributed by atoms with Crippen LogP contribution in [0.5, 0.6) is 0 Å². The highest BCUT2D eigenvalue weighted by Gasteiger charge is 2.41. The Morgan fingerprint density at radius 1 is 0.352 bits per heavy atom. The number of hydrogen-bond donors (Lipinski definition) is 0. The van der Waals surface area contributed by atoms with Crippen molar-refractivity contribution in [1.82, 2.24) is 13.7 Å². The van der Waals surface area contributed by atoms with Gasteiger partial charge in [-0.2, -0.15) is 0 Å². The molecule has 0 spiro atoms. The topological polar surface area (TPSA) is 14.8 Å². The summed E-state index contributed by atoms with van der Waals surface area (Å²) in [5.74, 6) is 0. The zero-order chi connectivity index (χ0) is 47.5. The van der Waals surface area contributed by atoms with Crippen molar-refractivity contribution < 1.29 is 0 Å². The summed E-state index contributed by atoms with van der Waals surface area (Å²) in [4.78, 5) is 0. The average molecular weight is 924 g/mol. The van der Waals surface area contributed by atoms with Crippen molar-refractivity contribution in [2.45, 2.75) is 6.92 Å². The number of para-hydroxylation sites is 6. The van der Waals surface area contributed by atoms with E-state index in [0.29, 0.717) is 0 Å². The van der Waals surface area contributed by atoms with Gasteiger partial charge in [0.25, 0.3) is 0 Å². The van der Waals surface area contributed by atoms with Crippen LogP contribution in [0.1, 0.15) is 6.92 Å². The smallest absolute Gasteiger partial charge is 0.175 e. The second-order valence-corrected chi connectivity index (χ2v) is 22.5. The SMILES string of the molecule is C=C/C=C\C=C(/C)[Si](c1ccccc1)(c1ccccc1)c1cccc(-n2c3ccccc3c3ccc(-n4c5ccccc5c5cccc(-c6cccc7c8ccccc8n(-c8ccccc8)c67)c54)cc32)c1. The zero-order valence-electron chi connectivity index (χ0n) is 39.5. The molecule has 0 aliphatic carbocycles. The minimum Gasteiger partial charge on any atom is -0.309 e. The molecule has 0 N–H and O–H groups in total. The number of allylic oxidation sites excluding steroid dienone is 5. The Kier molecular flexibility index (Phi) is 10.2. The summed E-state index contributed by atoms with van der Waals surface area (Å²) in [5, 5.41) is 12.7. The molecule has 10 aromatic carbocycles. The molecule has 0 aliphatic heterocycles. The van der Waals surface area contributed by atoms with Crippen molar-refractivity contribution in [3.8, 4) is 28.2 Å². The van der Waals surface area contributed by atoms with E-state index in [1.807, 2.05) is 12.2 Å². The first kappa shape index (κ1) is 42.2. The summed E-state index contributed by atoms with van der Waals surface area (Å²) >= 11 is 0. The van der Waals surface area contributed by atoms with Crippen LogP contribution in [0.2, 0.25) is 0 Å². The molecule has 3 nitrogen and oxygen atoms in total. The predicted octanol–water partition coefficient (Wildman–Crippen LogP) is 15.3. The molecule has 3 heterocycles. The van der Waals surface area contributed by atoms with Gasteiger partial charge in [-0.3, -0.25) is 0 Å². The van der Waals surface area contributed by atoms with Crippen molar-refractivity contribution in [1.29, 1.82) is 0 Å². The van der Waals surface area contributed by atoms with E-state index in [1.54, 1.807) is 0 Å². The largest absolute Gasteiger partial charge is 0.309 e. The van der Waals surface area contributed by atoms with E-state index in [-0.39, 0.29) is 0 Å². The van der Waals surface area contributed by atoms with E-state index in [2.05, 4.69) is 282 Å². The fourth-order valence-electron chi connectivity index (χ4n) is 11.8. The highest BCUT2D eigenvalue weighted by Crippen LogP contribution is 2.44. The number of aromatic nitrogens is 3. The fourth-order valence-corrected chi connectivity index (χ4v) is 16.6. The quantitative estimate of drug-likeness (QED) is 0.0738. The molecule has 0 saturated heterocycles. The summed E-state index contributed by atoms with van der Waals surface area (Å²) in [5.41, 5.74) is 12.8. The minimum absolute atomic E-state index is 1.11. The Hall–Kier alpha value is -8.96. The van der Waals surface area contributed by atoms with E-state index < -0.39 is 8.07 Å². The van der Waals surface area contributed by atoms with E-state index in [4.69, 9.17) is 0 Å². The second-order valence-electron chi connectivity index (χ2n) is 18.5. The van der Waals surface area contributed by atoms with Crippen molar-refractivity contribution in [3.63, 3.8) is 0 Å². The average Bonchev–Trinajstić information content (AvgIpc) is 4.08. The highest BCUT2D eigenvalue weighted by molar-refractivity contribution is 7.16. The highest BCUT2D eigenvalue weighted by atomic mass is 28.3. The van der Waals surface area contributed by atoms with Crippen LogP contribution in [0, 0.1) is 0 Å². The van der Waals surface area contributed by atoms with Gasteiger partial charge in [0.15, 0.2) is 8.07 Å². The van der Waals surface area contributed by atoms with Gasteiger partial charge in [-0.25, -0.2) is 0 Å². The summed E-state index contributed by atoms with van der Waals surface area (Å²) < 4.78 is 7.46. The molecule has 0 bridgehead atoms. The lowest BCUT2D eigenvalue weighted by Crippen LogP contribution is -2.68. The molecule has 0 unspecified atom stereocenters. The molecule has 4 heteroatoms. The van der Waals surface area contributed by atoms with Crippen LogP contribution >= 0.6 is 0 Å². The van der Waals surface area contributed by atoms with Gasteiger partial charge in [-0.15, -0.1) is 0 Å². The molecule has 13 aromatic rings. The number of hydrogen-bond acceptors (Lipinski definition) is 0. The van der Waals surface area contributed by atoms with E-state index in [9.17, 15) is 0 Å². The molecule has 3 aromatic heterocycles. The number of nitrogens with zero attached hydrogens (tertiary/aromatic N) is 3. The summed E-state index contributed by atoms with van der Waals surface area (Å²) in [6.45, 7) is 6.30. The van der Waals surface area contributed by atoms with Crippen LogP contribution < -0.4 is 15.6 Å². The third-order valence-electron chi connectivity index (χ3n) is 14.7. The van der Waals surface area contributed by atoms with Crippen molar-refractivity contribution >= 4 is 89.1 Å².